The molecule has 0 aliphatic rings. The van der Waals surface area contributed by atoms with Crippen molar-refractivity contribution in [3.05, 3.63) is 11.6 Å². The molecule has 0 atom stereocenters. The molecule has 7 heavy (non-hydrogen) atoms. The van der Waals surface area contributed by atoms with Crippen LogP contribution >= 0.6 is 11.5 Å². The van der Waals surface area contributed by atoms with Crippen molar-refractivity contribution in [1.29, 1.82) is 0 Å². The molecule has 0 saturated carbocycles. The molecule has 1 heterocycles. The van der Waals surface area contributed by atoms with E-state index in [1.807, 2.05) is 5.38 Å². The molecule has 0 bridgehead atoms. The van der Waals surface area contributed by atoms with Gasteiger partial charge in [0.05, 0.1) is 6.20 Å². The second-order valence-corrected chi connectivity index (χ2v) is 1.23. The molecule has 2 nitrogen and oxygen atoms in total. The zero-order valence-corrected chi connectivity index (χ0v) is 3.27. The SMILES string of the molecule is [KH].[KH].c1csnn1. The van der Waals surface area contributed by atoms with Crippen LogP contribution in [-0.2, 0) is 0 Å². The Hall–Kier alpha value is 2.83. The molecule has 0 radical (unpaired) electrons. The molecule has 0 spiro atoms. The fourth-order valence-corrected chi connectivity index (χ4v) is 0.408. The van der Waals surface area contributed by atoms with Crippen LogP contribution in [-0.4, -0.2) is 112 Å². The monoisotopic (exact) mass is 166 g/mol. The van der Waals surface area contributed by atoms with Gasteiger partial charge in [0.2, 0.25) is 0 Å². The van der Waals surface area contributed by atoms with Gasteiger partial charge in [0.15, 0.2) is 0 Å². The normalized spacial score (nSPS) is 5.71. The average molecular weight is 166 g/mol. The maximum Gasteiger partial charge on any atom is 0.0620 e. The van der Waals surface area contributed by atoms with E-state index in [4.69, 9.17) is 0 Å². The zero-order chi connectivity index (χ0) is 3.54. The van der Waals surface area contributed by atoms with Gasteiger partial charge < -0.3 is 0 Å². The van der Waals surface area contributed by atoms with Crippen LogP contribution in [0.4, 0.5) is 0 Å². The van der Waals surface area contributed by atoms with E-state index in [0.29, 0.717) is 0 Å². The van der Waals surface area contributed by atoms with Crippen LogP contribution in [0.2, 0.25) is 0 Å². The zero-order valence-electron chi connectivity index (χ0n) is 2.46. The quantitative estimate of drug-likeness (QED) is 0.474. The van der Waals surface area contributed by atoms with Crippen molar-refractivity contribution in [3.8, 4) is 0 Å². The van der Waals surface area contributed by atoms with Crippen LogP contribution in [0.3, 0.4) is 0 Å². The van der Waals surface area contributed by atoms with Gasteiger partial charge in [-0.15, -0.1) is 5.10 Å². The Bertz CT molecular complexity index is 70.2. The number of hydrogen-bond donors (Lipinski definition) is 0. The molecule has 0 amide bonds. The van der Waals surface area contributed by atoms with Crippen molar-refractivity contribution in [1.82, 2.24) is 9.59 Å². The smallest absolute Gasteiger partial charge is 0.0620 e. The predicted octanol–water partition coefficient (Wildman–Crippen LogP) is -0.759. The molecular formula is C2H4K2N2S. The number of nitrogens with zero attached hydrogens (tertiary/aromatic N) is 2. The molecule has 1 rings (SSSR count). The van der Waals surface area contributed by atoms with E-state index in [-0.39, 0.29) is 103 Å². The van der Waals surface area contributed by atoms with Crippen LogP contribution < -0.4 is 0 Å². The van der Waals surface area contributed by atoms with Crippen LogP contribution in [0.15, 0.2) is 11.6 Å². The minimum Gasteiger partial charge on any atom is -0.147 e. The standard InChI is InChI=1S/C2H2N2S.2K.2H/c1-2-5-4-3-1;;;;/h1-2H;;;;. The van der Waals surface area contributed by atoms with Crippen LogP contribution in [0.25, 0.3) is 0 Å². The largest absolute Gasteiger partial charge is 0.147 e. The summed E-state index contributed by atoms with van der Waals surface area (Å²) in [6.45, 7) is 0. The van der Waals surface area contributed by atoms with Crippen molar-refractivity contribution in [2.24, 2.45) is 0 Å². The summed E-state index contributed by atoms with van der Waals surface area (Å²) in [4.78, 5) is 0. The molecule has 0 unspecified atom stereocenters. The molecule has 30 valence electrons. The predicted molar refractivity (Wildman–Crippen MR) is 34.2 cm³/mol. The summed E-state index contributed by atoms with van der Waals surface area (Å²) in [5.74, 6) is 0. The van der Waals surface area contributed by atoms with Gasteiger partial charge in [-0.05, 0) is 11.5 Å². The van der Waals surface area contributed by atoms with E-state index >= 15 is 0 Å². The summed E-state index contributed by atoms with van der Waals surface area (Å²) in [5.41, 5.74) is 0. The number of rotatable bonds is 0. The first-order valence-electron chi connectivity index (χ1n) is 1.21. The van der Waals surface area contributed by atoms with Crippen LogP contribution in [0.1, 0.15) is 0 Å². The Labute approximate surface area is 131 Å². The molecule has 1 aromatic heterocycles. The van der Waals surface area contributed by atoms with Crippen LogP contribution in [0.5, 0.6) is 0 Å². The Morgan fingerprint density at radius 3 is 2.14 bits per heavy atom. The molecule has 0 fully saturated rings. The van der Waals surface area contributed by atoms with Gasteiger partial charge >= 0.3 is 103 Å². The Balaban J connectivity index is 0. The molecule has 1 aromatic rings. The maximum absolute atomic E-state index is 3.51. The van der Waals surface area contributed by atoms with Crippen LogP contribution in [0, 0.1) is 0 Å². The molecule has 0 N–H and O–H groups in total. The van der Waals surface area contributed by atoms with Gasteiger partial charge in [0.1, 0.15) is 0 Å². The van der Waals surface area contributed by atoms with Gasteiger partial charge in [-0.25, -0.2) is 0 Å². The Morgan fingerprint density at radius 1 is 1.29 bits per heavy atom. The summed E-state index contributed by atoms with van der Waals surface area (Å²) >= 11 is 1.35. The van der Waals surface area contributed by atoms with Crippen molar-refractivity contribution in [2.75, 3.05) is 0 Å². The van der Waals surface area contributed by atoms with Gasteiger partial charge in [0.25, 0.3) is 0 Å². The summed E-state index contributed by atoms with van der Waals surface area (Å²) in [7, 11) is 0. The fourth-order valence-electron chi connectivity index (χ4n) is 0.136. The average Bonchev–Trinajstić information content (AvgIpc) is 1.76. The second kappa shape index (κ2) is 8.83. The topological polar surface area (TPSA) is 25.8 Å². The Morgan fingerprint density at radius 2 is 2.00 bits per heavy atom. The first kappa shape index (κ1) is 12.5. The third-order valence-corrected chi connectivity index (χ3v) is 0.715. The molecule has 5 heteroatoms. The van der Waals surface area contributed by atoms with Crippen molar-refractivity contribution in [3.63, 3.8) is 0 Å². The van der Waals surface area contributed by atoms with Gasteiger partial charge in [0, 0.05) is 5.38 Å². The van der Waals surface area contributed by atoms with Gasteiger partial charge in [-0.3, -0.25) is 0 Å². The first-order valence-corrected chi connectivity index (χ1v) is 2.05. The minimum absolute atomic E-state index is 0. The first-order chi connectivity index (χ1) is 2.50. The summed E-state index contributed by atoms with van der Waals surface area (Å²) in [6.07, 6.45) is 1.66. The molecule has 0 saturated heterocycles. The Kier molecular flexibility index (Phi) is 15.8. The number of aromatic nitrogens is 2. The van der Waals surface area contributed by atoms with Gasteiger partial charge in [-0.1, -0.05) is 4.49 Å². The van der Waals surface area contributed by atoms with Gasteiger partial charge in [-0.2, -0.15) is 0 Å². The third-order valence-electron chi connectivity index (χ3n) is 0.283. The van der Waals surface area contributed by atoms with Crippen molar-refractivity contribution < 1.29 is 0 Å². The molecule has 0 aliphatic heterocycles. The van der Waals surface area contributed by atoms with E-state index in [0.717, 1.165) is 0 Å². The van der Waals surface area contributed by atoms with E-state index in [2.05, 4.69) is 9.59 Å². The summed E-state index contributed by atoms with van der Waals surface area (Å²) in [5, 5.41) is 5.31. The molecular weight excluding hydrogens is 162 g/mol. The minimum atomic E-state index is 0. The summed E-state index contributed by atoms with van der Waals surface area (Å²) in [6, 6.07) is 0. The van der Waals surface area contributed by atoms with E-state index < -0.39 is 0 Å². The van der Waals surface area contributed by atoms with E-state index in [1.54, 1.807) is 6.20 Å². The fraction of sp³-hybridized carbons (Fsp3) is 0. The van der Waals surface area contributed by atoms with E-state index in [1.165, 1.54) is 11.5 Å². The van der Waals surface area contributed by atoms with Crippen molar-refractivity contribution >= 4 is 114 Å². The third kappa shape index (κ3) is 6.72. The van der Waals surface area contributed by atoms with E-state index in [9.17, 15) is 0 Å². The molecule has 0 aromatic carbocycles. The molecule has 0 aliphatic carbocycles. The number of hydrogen-bond acceptors (Lipinski definition) is 3. The summed E-state index contributed by atoms with van der Waals surface area (Å²) < 4.78 is 3.51. The maximum atomic E-state index is 3.51. The second-order valence-electron chi connectivity index (χ2n) is 0.588. The van der Waals surface area contributed by atoms with Crippen molar-refractivity contribution in [2.45, 2.75) is 0 Å².